The van der Waals surface area contributed by atoms with Gasteiger partial charge in [0, 0.05) is 17.6 Å². The maximum Gasteiger partial charge on any atom is 0.341 e. The number of rotatable bonds is 2. The molecule has 4 nitrogen and oxygen atoms in total. The van der Waals surface area contributed by atoms with Crippen LogP contribution >= 0.6 is 0 Å². The maximum absolute atomic E-state index is 12.7. The van der Waals surface area contributed by atoms with Gasteiger partial charge in [0.25, 0.3) is 0 Å². The summed E-state index contributed by atoms with van der Waals surface area (Å²) in [7, 11) is 0. The summed E-state index contributed by atoms with van der Waals surface area (Å²) >= 11 is 0. The van der Waals surface area contributed by atoms with Gasteiger partial charge in [-0.05, 0) is 42.5 Å². The number of benzene rings is 2. The van der Waals surface area contributed by atoms with Crippen molar-refractivity contribution < 1.29 is 9.90 Å². The van der Waals surface area contributed by atoms with Crippen molar-refractivity contribution in [1.29, 1.82) is 0 Å². The maximum atomic E-state index is 12.7. The molecule has 0 saturated heterocycles. The van der Waals surface area contributed by atoms with Crippen molar-refractivity contribution in [2.45, 2.75) is 26.3 Å². The predicted octanol–water partition coefficient (Wildman–Crippen LogP) is 3.79. The minimum atomic E-state index is -1.17. The topological polar surface area (TPSA) is 59.3 Å². The van der Waals surface area contributed by atoms with Crippen LogP contribution in [0.2, 0.25) is 0 Å². The molecule has 1 atom stereocenters. The molecule has 0 fully saturated rings. The third kappa shape index (κ3) is 1.92. The molecule has 0 spiro atoms. The summed E-state index contributed by atoms with van der Waals surface area (Å²) in [5.74, 6) is -1.17. The first-order chi connectivity index (χ1) is 11.5. The molecule has 2 heterocycles. The quantitative estimate of drug-likeness (QED) is 0.782. The number of aryl methyl sites for hydroxylation is 1. The Morgan fingerprint density at radius 2 is 1.96 bits per heavy atom. The lowest BCUT2D eigenvalue weighted by Gasteiger charge is -2.13. The lowest BCUT2D eigenvalue weighted by molar-refractivity contribution is 0.0695. The third-order valence-electron chi connectivity index (χ3n) is 4.89. The number of pyridine rings is 1. The van der Waals surface area contributed by atoms with Crippen LogP contribution in [0, 0.1) is 6.92 Å². The molecule has 0 bridgehead atoms. The van der Waals surface area contributed by atoms with E-state index < -0.39 is 5.97 Å². The van der Waals surface area contributed by atoms with Gasteiger partial charge in [-0.3, -0.25) is 4.79 Å². The summed E-state index contributed by atoms with van der Waals surface area (Å²) < 4.78 is 1.95. The van der Waals surface area contributed by atoms with Crippen LogP contribution in [0.4, 0.5) is 0 Å². The van der Waals surface area contributed by atoms with E-state index in [1.54, 1.807) is 0 Å². The van der Waals surface area contributed by atoms with Crippen LogP contribution < -0.4 is 5.43 Å². The summed E-state index contributed by atoms with van der Waals surface area (Å²) in [6.07, 6.45) is 2.30. The van der Waals surface area contributed by atoms with Gasteiger partial charge in [-0.25, -0.2) is 4.79 Å². The van der Waals surface area contributed by atoms with E-state index in [4.69, 9.17) is 0 Å². The van der Waals surface area contributed by atoms with Crippen molar-refractivity contribution in [3.63, 3.8) is 0 Å². The second-order valence-corrected chi connectivity index (χ2v) is 6.45. The Morgan fingerprint density at radius 1 is 1.25 bits per heavy atom. The molecule has 1 aromatic heterocycles. The van der Waals surface area contributed by atoms with Crippen LogP contribution in [0.5, 0.6) is 0 Å². The fourth-order valence-electron chi connectivity index (χ4n) is 3.79. The first-order valence-corrected chi connectivity index (χ1v) is 7.99. The van der Waals surface area contributed by atoms with E-state index in [1.807, 2.05) is 35.8 Å². The van der Waals surface area contributed by atoms with E-state index in [-0.39, 0.29) is 17.0 Å². The van der Waals surface area contributed by atoms with Gasteiger partial charge in [0.2, 0.25) is 5.43 Å². The van der Waals surface area contributed by atoms with Gasteiger partial charge < -0.3 is 9.67 Å². The fourth-order valence-corrected chi connectivity index (χ4v) is 3.79. The van der Waals surface area contributed by atoms with Crippen LogP contribution in [0.25, 0.3) is 22.0 Å². The molecule has 1 unspecified atom stereocenters. The van der Waals surface area contributed by atoms with Crippen LogP contribution in [0.1, 0.15) is 34.5 Å². The van der Waals surface area contributed by atoms with Crippen LogP contribution in [-0.2, 0) is 6.42 Å². The summed E-state index contributed by atoms with van der Waals surface area (Å²) in [5, 5.41) is 9.89. The molecule has 120 valence electrons. The van der Waals surface area contributed by atoms with Crippen molar-refractivity contribution >= 4 is 16.9 Å². The molecule has 1 N–H and O–H groups in total. The monoisotopic (exact) mass is 319 g/mol. The molecular weight excluding hydrogens is 302 g/mol. The van der Waals surface area contributed by atoms with Gasteiger partial charge in [-0.2, -0.15) is 0 Å². The zero-order chi connectivity index (χ0) is 17.0. The standard InChI is InChI=1S/C20H17NO3/c1-11-8-14(13-6-4-3-5-7-13)15-9-12(2)21-10-16(20(23)24)19(22)17(11)18(15)21/h3-8,10,12H,9H2,1-2H3,(H,23,24). The zero-order valence-corrected chi connectivity index (χ0v) is 13.5. The molecule has 0 aliphatic carbocycles. The number of carbonyl (C=O) groups is 1. The van der Waals surface area contributed by atoms with Gasteiger partial charge >= 0.3 is 5.97 Å². The number of hydrogen-bond acceptors (Lipinski definition) is 2. The highest BCUT2D eigenvalue weighted by Gasteiger charge is 2.28. The average Bonchev–Trinajstić information content (AvgIpc) is 2.89. The van der Waals surface area contributed by atoms with E-state index >= 15 is 0 Å². The molecule has 4 rings (SSSR count). The van der Waals surface area contributed by atoms with Crippen LogP contribution in [-0.4, -0.2) is 15.6 Å². The van der Waals surface area contributed by atoms with Crippen molar-refractivity contribution in [2.24, 2.45) is 0 Å². The first-order valence-electron chi connectivity index (χ1n) is 7.99. The van der Waals surface area contributed by atoms with Crippen LogP contribution in [0.3, 0.4) is 0 Å². The minimum absolute atomic E-state index is 0.130. The second kappa shape index (κ2) is 5.06. The molecule has 24 heavy (non-hydrogen) atoms. The second-order valence-electron chi connectivity index (χ2n) is 6.45. The van der Waals surface area contributed by atoms with Gasteiger partial charge in [0.05, 0.1) is 5.52 Å². The van der Waals surface area contributed by atoms with Crippen molar-refractivity contribution in [1.82, 2.24) is 4.57 Å². The van der Waals surface area contributed by atoms with Gasteiger partial charge in [0.15, 0.2) is 0 Å². The molecule has 1 aliphatic heterocycles. The smallest absolute Gasteiger partial charge is 0.341 e. The van der Waals surface area contributed by atoms with E-state index in [1.165, 1.54) is 6.20 Å². The lowest BCUT2D eigenvalue weighted by Crippen LogP contribution is -2.19. The molecule has 1 aliphatic rings. The highest BCUT2D eigenvalue weighted by Crippen LogP contribution is 2.39. The Labute approximate surface area is 139 Å². The SMILES string of the molecule is Cc1cc(-c2ccccc2)c2c3c1c(=O)c(C(=O)O)cn3C(C)C2. The predicted molar refractivity (Wildman–Crippen MR) is 93.8 cm³/mol. The highest BCUT2D eigenvalue weighted by atomic mass is 16.4. The number of carboxylic acids is 1. The Balaban J connectivity index is 2.16. The Morgan fingerprint density at radius 3 is 2.62 bits per heavy atom. The van der Waals surface area contributed by atoms with Crippen LogP contribution in [0.15, 0.2) is 47.4 Å². The van der Waals surface area contributed by atoms with Crippen molar-refractivity contribution in [3.05, 3.63) is 69.5 Å². The molecule has 0 radical (unpaired) electrons. The van der Waals surface area contributed by atoms with E-state index in [0.29, 0.717) is 5.39 Å². The van der Waals surface area contributed by atoms with E-state index in [0.717, 1.165) is 34.2 Å². The summed E-state index contributed by atoms with van der Waals surface area (Å²) in [4.78, 5) is 24.1. The zero-order valence-electron chi connectivity index (χ0n) is 13.5. The summed E-state index contributed by atoms with van der Waals surface area (Å²) in [6.45, 7) is 3.94. The summed E-state index contributed by atoms with van der Waals surface area (Å²) in [5.41, 5.74) is 4.54. The van der Waals surface area contributed by atoms with Gasteiger partial charge in [-0.1, -0.05) is 36.4 Å². The first kappa shape index (κ1) is 14.7. The number of carboxylic acid groups (broad SMARTS) is 1. The minimum Gasteiger partial charge on any atom is -0.477 e. The Hall–Kier alpha value is -2.88. The van der Waals surface area contributed by atoms with Gasteiger partial charge in [0.1, 0.15) is 5.56 Å². The molecule has 3 aromatic rings. The fraction of sp³-hybridized carbons (Fsp3) is 0.200. The third-order valence-corrected chi connectivity index (χ3v) is 4.89. The molecule has 2 aromatic carbocycles. The molecule has 0 saturated carbocycles. The number of nitrogens with zero attached hydrogens (tertiary/aromatic N) is 1. The highest BCUT2D eigenvalue weighted by molar-refractivity contribution is 5.98. The number of aromatic nitrogens is 1. The van der Waals surface area contributed by atoms with E-state index in [9.17, 15) is 14.7 Å². The Kier molecular flexibility index (Phi) is 3.10. The molecule has 4 heteroatoms. The average molecular weight is 319 g/mol. The summed E-state index contributed by atoms with van der Waals surface area (Å²) in [6, 6.07) is 12.3. The number of aromatic carboxylic acids is 1. The largest absolute Gasteiger partial charge is 0.477 e. The van der Waals surface area contributed by atoms with E-state index in [2.05, 4.69) is 19.1 Å². The van der Waals surface area contributed by atoms with Crippen molar-refractivity contribution in [3.8, 4) is 11.1 Å². The Bertz CT molecular complexity index is 1050. The van der Waals surface area contributed by atoms with Crippen molar-refractivity contribution in [2.75, 3.05) is 0 Å². The lowest BCUT2D eigenvalue weighted by atomic mass is 9.92. The molecular formula is C20H17NO3. The number of hydrogen-bond donors (Lipinski definition) is 1. The normalized spacial score (nSPS) is 15.8. The van der Waals surface area contributed by atoms with Gasteiger partial charge in [-0.15, -0.1) is 0 Å². The molecule has 0 amide bonds.